The van der Waals surface area contributed by atoms with Gasteiger partial charge in [0, 0.05) is 19.1 Å². The predicted octanol–water partition coefficient (Wildman–Crippen LogP) is 1.93. The van der Waals surface area contributed by atoms with Crippen LogP contribution in [0.4, 0.5) is 0 Å². The van der Waals surface area contributed by atoms with Crippen LogP contribution in [0, 0.1) is 11.8 Å². The highest BCUT2D eigenvalue weighted by molar-refractivity contribution is 7.80. The third kappa shape index (κ3) is 4.29. The van der Waals surface area contributed by atoms with Crippen LogP contribution in [0.5, 0.6) is 0 Å². The number of azo groups is 1. The van der Waals surface area contributed by atoms with Gasteiger partial charge in [0.1, 0.15) is 6.10 Å². The summed E-state index contributed by atoms with van der Waals surface area (Å²) in [6.45, 7) is 1.28. The van der Waals surface area contributed by atoms with Crippen LogP contribution in [0.2, 0.25) is 0 Å². The van der Waals surface area contributed by atoms with Gasteiger partial charge in [-0.15, -0.1) is 10.2 Å². The van der Waals surface area contributed by atoms with E-state index in [0.717, 1.165) is 38.5 Å². The minimum atomic E-state index is -0.968. The predicted molar refractivity (Wildman–Crippen MR) is 90.4 cm³/mol. The highest BCUT2D eigenvalue weighted by Crippen LogP contribution is 2.28. The second-order valence-electron chi connectivity index (χ2n) is 6.80. The van der Waals surface area contributed by atoms with Gasteiger partial charge < -0.3 is 19.9 Å². The summed E-state index contributed by atoms with van der Waals surface area (Å²) < 4.78 is 10.7. The minimum Gasteiger partial charge on any atom is -0.438 e. The smallest absolute Gasteiger partial charge is 0.304 e. The Morgan fingerprint density at radius 3 is 2.54 bits per heavy atom. The Hall–Kier alpha value is -1.12. The van der Waals surface area contributed by atoms with E-state index in [2.05, 4.69) is 15.5 Å². The molecule has 2 heterocycles. The van der Waals surface area contributed by atoms with E-state index < -0.39 is 18.4 Å². The molecule has 2 fully saturated rings. The van der Waals surface area contributed by atoms with Gasteiger partial charge in [0.15, 0.2) is 0 Å². The van der Waals surface area contributed by atoms with E-state index in [1.807, 2.05) is 0 Å². The lowest BCUT2D eigenvalue weighted by molar-refractivity contribution is -0.129. The summed E-state index contributed by atoms with van der Waals surface area (Å²) in [5.41, 5.74) is 0. The first-order valence-electron chi connectivity index (χ1n) is 8.83. The molecule has 0 bridgehead atoms. The monoisotopic (exact) mass is 355 g/mol. The molecule has 3 unspecified atom stereocenters. The van der Waals surface area contributed by atoms with Crippen LogP contribution in [0.25, 0.3) is 0 Å². The highest BCUT2D eigenvalue weighted by Gasteiger charge is 2.39. The SMILES string of the molecule is O=C(NC(C1CCOCC1)C(O)C1N=NC(=S)O1)C1CCCCC1. The number of nitrogens with zero attached hydrogens (tertiary/aromatic N) is 2. The van der Waals surface area contributed by atoms with Crippen molar-refractivity contribution in [1.82, 2.24) is 5.32 Å². The van der Waals surface area contributed by atoms with Crippen molar-refractivity contribution in [2.75, 3.05) is 13.2 Å². The van der Waals surface area contributed by atoms with Crippen molar-refractivity contribution in [3.8, 4) is 0 Å². The topological polar surface area (TPSA) is 92.5 Å². The lowest BCUT2D eigenvalue weighted by atomic mass is 9.85. The summed E-state index contributed by atoms with van der Waals surface area (Å²) >= 11 is 4.85. The molecule has 0 aromatic rings. The molecule has 134 valence electrons. The van der Waals surface area contributed by atoms with Gasteiger partial charge in [0.05, 0.1) is 6.04 Å². The molecular weight excluding hydrogens is 330 g/mol. The fraction of sp³-hybridized carbons (Fsp3) is 0.875. The summed E-state index contributed by atoms with van der Waals surface area (Å²) in [6, 6.07) is -0.423. The Morgan fingerprint density at radius 2 is 1.92 bits per heavy atom. The van der Waals surface area contributed by atoms with Crippen LogP contribution in [-0.2, 0) is 14.3 Å². The Labute approximate surface area is 147 Å². The molecule has 24 heavy (non-hydrogen) atoms. The standard InChI is InChI=1S/C16H25N3O4S/c20-13(15-18-19-16(24)23-15)12(10-6-8-22-9-7-10)17-14(21)11-4-2-1-3-5-11/h10-13,15,20H,1-9H2,(H,17,21). The number of rotatable bonds is 5. The van der Waals surface area contributed by atoms with Gasteiger partial charge in [-0.05, 0) is 43.8 Å². The van der Waals surface area contributed by atoms with Gasteiger partial charge in [-0.25, -0.2) is 0 Å². The molecule has 8 heteroatoms. The van der Waals surface area contributed by atoms with Crippen molar-refractivity contribution in [1.29, 1.82) is 0 Å². The Kier molecular flexibility index (Phi) is 6.13. The maximum absolute atomic E-state index is 12.7. The molecule has 0 radical (unpaired) electrons. The third-order valence-electron chi connectivity index (χ3n) is 5.19. The van der Waals surface area contributed by atoms with Gasteiger partial charge in [-0.1, -0.05) is 19.3 Å². The molecule has 2 N–H and O–H groups in total. The summed E-state index contributed by atoms with van der Waals surface area (Å²) in [4.78, 5) is 12.7. The molecule has 1 amide bonds. The summed E-state index contributed by atoms with van der Waals surface area (Å²) in [6.07, 6.45) is 5.01. The zero-order valence-corrected chi connectivity index (χ0v) is 14.5. The van der Waals surface area contributed by atoms with Crippen molar-refractivity contribution < 1.29 is 19.4 Å². The molecule has 1 saturated heterocycles. The van der Waals surface area contributed by atoms with E-state index in [-0.39, 0.29) is 22.9 Å². The Balaban J connectivity index is 1.67. The first kappa shape index (κ1) is 17.7. The van der Waals surface area contributed by atoms with Crippen molar-refractivity contribution in [3.05, 3.63) is 0 Å². The van der Waals surface area contributed by atoms with E-state index in [1.165, 1.54) is 6.42 Å². The number of aliphatic hydroxyl groups excluding tert-OH is 1. The number of nitrogens with one attached hydrogen (secondary N) is 1. The van der Waals surface area contributed by atoms with Crippen LogP contribution in [0.15, 0.2) is 10.2 Å². The van der Waals surface area contributed by atoms with Gasteiger partial charge in [0.2, 0.25) is 12.1 Å². The Morgan fingerprint density at radius 1 is 1.21 bits per heavy atom. The summed E-state index contributed by atoms with van der Waals surface area (Å²) in [7, 11) is 0. The summed E-state index contributed by atoms with van der Waals surface area (Å²) in [5, 5.41) is 21.4. The second kappa shape index (κ2) is 8.31. The maximum atomic E-state index is 12.7. The number of thiocarbonyl (C=S) groups is 1. The molecule has 3 atom stereocenters. The average Bonchev–Trinajstić information content (AvgIpc) is 3.07. The van der Waals surface area contributed by atoms with Crippen LogP contribution in [0.1, 0.15) is 44.9 Å². The highest BCUT2D eigenvalue weighted by atomic mass is 32.1. The van der Waals surface area contributed by atoms with Gasteiger partial charge >= 0.3 is 5.17 Å². The maximum Gasteiger partial charge on any atom is 0.304 e. The molecule has 7 nitrogen and oxygen atoms in total. The lowest BCUT2D eigenvalue weighted by Crippen LogP contribution is -2.54. The first-order chi connectivity index (χ1) is 11.6. The van der Waals surface area contributed by atoms with E-state index in [9.17, 15) is 9.90 Å². The molecule has 0 spiro atoms. The van der Waals surface area contributed by atoms with Crippen LogP contribution < -0.4 is 5.32 Å². The minimum absolute atomic E-state index is 0.0303. The third-order valence-corrected chi connectivity index (χ3v) is 5.37. The fourth-order valence-electron chi connectivity index (χ4n) is 3.77. The quantitative estimate of drug-likeness (QED) is 0.735. The van der Waals surface area contributed by atoms with Gasteiger partial charge in [0.25, 0.3) is 0 Å². The van der Waals surface area contributed by atoms with Crippen LogP contribution in [-0.4, -0.2) is 47.8 Å². The zero-order valence-electron chi connectivity index (χ0n) is 13.7. The number of carbonyl (C=O) groups is 1. The normalized spacial score (nSPS) is 28.4. The van der Waals surface area contributed by atoms with Crippen LogP contribution in [0.3, 0.4) is 0 Å². The lowest BCUT2D eigenvalue weighted by Gasteiger charge is -2.36. The van der Waals surface area contributed by atoms with Crippen molar-refractivity contribution >= 4 is 23.3 Å². The van der Waals surface area contributed by atoms with Gasteiger partial charge in [-0.3, -0.25) is 4.79 Å². The van der Waals surface area contributed by atoms with E-state index in [1.54, 1.807) is 0 Å². The second-order valence-corrected chi connectivity index (χ2v) is 7.15. The number of carbonyl (C=O) groups excluding carboxylic acids is 1. The van der Waals surface area contributed by atoms with Crippen molar-refractivity contribution in [3.63, 3.8) is 0 Å². The molecule has 1 aliphatic carbocycles. The zero-order chi connectivity index (χ0) is 16.9. The largest absolute Gasteiger partial charge is 0.438 e. The molecule has 1 saturated carbocycles. The van der Waals surface area contributed by atoms with E-state index in [4.69, 9.17) is 21.7 Å². The van der Waals surface area contributed by atoms with Crippen molar-refractivity contribution in [2.45, 2.75) is 63.3 Å². The first-order valence-corrected chi connectivity index (χ1v) is 9.23. The number of ether oxygens (including phenoxy) is 2. The molecule has 3 rings (SSSR count). The average molecular weight is 355 g/mol. The molecule has 0 aromatic carbocycles. The van der Waals surface area contributed by atoms with Gasteiger partial charge in [-0.2, -0.15) is 0 Å². The molecule has 0 aromatic heterocycles. The number of hydrogen-bond acceptors (Lipinski definition) is 6. The number of aliphatic hydroxyl groups is 1. The van der Waals surface area contributed by atoms with E-state index in [0.29, 0.717) is 13.2 Å². The number of hydrogen-bond donors (Lipinski definition) is 2. The van der Waals surface area contributed by atoms with E-state index >= 15 is 0 Å². The van der Waals surface area contributed by atoms with Crippen LogP contribution >= 0.6 is 12.2 Å². The summed E-state index contributed by atoms with van der Waals surface area (Å²) in [5.74, 6) is 0.206. The fourth-order valence-corrected chi connectivity index (χ4v) is 3.92. The molecular formula is C16H25N3O4S. The van der Waals surface area contributed by atoms with Crippen molar-refractivity contribution in [2.24, 2.45) is 22.1 Å². The molecule has 2 aliphatic heterocycles. The molecule has 3 aliphatic rings. The Bertz CT molecular complexity index is 490. The number of amides is 1.